The summed E-state index contributed by atoms with van der Waals surface area (Å²) in [6.07, 6.45) is 4.49. The van der Waals surface area contributed by atoms with Crippen molar-refractivity contribution >= 4 is 5.78 Å². The summed E-state index contributed by atoms with van der Waals surface area (Å²) in [5, 5.41) is 0. The fourth-order valence-corrected chi connectivity index (χ4v) is 3.18. The number of fused-ring (bicyclic) bond motifs is 3. The number of piperidine rings is 1. The van der Waals surface area contributed by atoms with Gasteiger partial charge in [0.1, 0.15) is 5.78 Å². The van der Waals surface area contributed by atoms with Crippen LogP contribution in [0.5, 0.6) is 0 Å². The lowest BCUT2D eigenvalue weighted by Gasteiger charge is -2.35. The Morgan fingerprint density at radius 3 is 3.00 bits per heavy atom. The van der Waals surface area contributed by atoms with Crippen LogP contribution in [0.4, 0.5) is 0 Å². The van der Waals surface area contributed by atoms with Gasteiger partial charge in [0.25, 0.3) is 0 Å². The van der Waals surface area contributed by atoms with E-state index in [0.29, 0.717) is 11.8 Å². The number of hydrogen-bond acceptors (Lipinski definition) is 2. The zero-order valence-electron chi connectivity index (χ0n) is 7.33. The Kier molecular flexibility index (Phi) is 1.37. The number of ketones is 1. The van der Waals surface area contributed by atoms with Gasteiger partial charge >= 0.3 is 0 Å². The zero-order chi connectivity index (χ0) is 8.13. The van der Waals surface area contributed by atoms with Crippen molar-refractivity contribution in [1.82, 2.24) is 4.90 Å². The Bertz CT molecular complexity index is 226. The molecule has 1 saturated carbocycles. The molecule has 3 atom stereocenters. The van der Waals surface area contributed by atoms with Crippen LogP contribution in [0, 0.1) is 11.8 Å². The van der Waals surface area contributed by atoms with Gasteiger partial charge in [-0.15, -0.1) is 0 Å². The monoisotopic (exact) mass is 165 g/mol. The van der Waals surface area contributed by atoms with Crippen molar-refractivity contribution in [3.63, 3.8) is 0 Å². The average Bonchev–Trinajstić information content (AvgIpc) is 2.22. The van der Waals surface area contributed by atoms with Crippen molar-refractivity contribution in [2.75, 3.05) is 13.1 Å². The van der Waals surface area contributed by atoms with E-state index in [2.05, 4.69) is 4.90 Å². The molecule has 0 N–H and O–H groups in total. The minimum atomic E-state index is 0.504. The molecule has 3 aliphatic rings. The minimum Gasteiger partial charge on any atom is -0.300 e. The maximum Gasteiger partial charge on any atom is 0.135 e. The van der Waals surface area contributed by atoms with Gasteiger partial charge in [-0.1, -0.05) is 0 Å². The molecule has 0 spiro atoms. The molecular formula is C10H15NO. The molecule has 0 aromatic carbocycles. The molecule has 12 heavy (non-hydrogen) atoms. The van der Waals surface area contributed by atoms with Crippen molar-refractivity contribution < 1.29 is 4.79 Å². The van der Waals surface area contributed by atoms with E-state index < -0.39 is 0 Å². The molecule has 0 radical (unpaired) electrons. The molecular weight excluding hydrogens is 150 g/mol. The molecule has 66 valence electrons. The first-order valence-electron chi connectivity index (χ1n) is 5.10. The summed E-state index contributed by atoms with van der Waals surface area (Å²) in [7, 11) is 0. The Morgan fingerprint density at radius 2 is 2.25 bits per heavy atom. The molecule has 3 fully saturated rings. The van der Waals surface area contributed by atoms with E-state index in [1.54, 1.807) is 0 Å². The molecule has 2 heterocycles. The Labute approximate surface area is 72.9 Å². The maximum absolute atomic E-state index is 11.3. The van der Waals surface area contributed by atoms with Gasteiger partial charge in [0.05, 0.1) is 0 Å². The number of Topliss-reactive ketones (excluding diaryl/α,β-unsaturated/α-hetero) is 1. The van der Waals surface area contributed by atoms with Gasteiger partial charge in [-0.3, -0.25) is 9.69 Å². The van der Waals surface area contributed by atoms with Crippen molar-refractivity contribution in [2.24, 2.45) is 11.8 Å². The third-order valence-electron chi connectivity index (χ3n) is 4.02. The summed E-state index contributed by atoms with van der Waals surface area (Å²) in [5.41, 5.74) is 0. The smallest absolute Gasteiger partial charge is 0.135 e. The highest BCUT2D eigenvalue weighted by molar-refractivity contribution is 5.80. The number of carbonyl (C=O) groups is 1. The first-order valence-corrected chi connectivity index (χ1v) is 5.10. The Balaban J connectivity index is 1.81. The lowest BCUT2D eigenvalue weighted by Crippen LogP contribution is -2.41. The second kappa shape index (κ2) is 2.32. The van der Waals surface area contributed by atoms with Crippen molar-refractivity contribution in [2.45, 2.75) is 31.7 Å². The predicted molar refractivity (Wildman–Crippen MR) is 45.8 cm³/mol. The summed E-state index contributed by atoms with van der Waals surface area (Å²) in [6, 6.07) is 0.657. The third-order valence-corrected chi connectivity index (χ3v) is 4.02. The third kappa shape index (κ3) is 0.817. The van der Waals surface area contributed by atoms with Crippen LogP contribution in [-0.4, -0.2) is 29.8 Å². The minimum absolute atomic E-state index is 0.504. The van der Waals surface area contributed by atoms with Crippen LogP contribution in [0.25, 0.3) is 0 Å². The van der Waals surface area contributed by atoms with Gasteiger partial charge in [0.15, 0.2) is 0 Å². The lowest BCUT2D eigenvalue weighted by molar-refractivity contribution is -0.123. The zero-order valence-corrected chi connectivity index (χ0v) is 7.33. The van der Waals surface area contributed by atoms with Gasteiger partial charge in [0, 0.05) is 32.0 Å². The molecule has 1 aliphatic carbocycles. The number of hydrogen-bond donors (Lipinski definition) is 0. The largest absolute Gasteiger partial charge is 0.300 e. The van der Waals surface area contributed by atoms with Crippen LogP contribution in [0.2, 0.25) is 0 Å². The van der Waals surface area contributed by atoms with Gasteiger partial charge in [-0.05, 0) is 24.7 Å². The number of nitrogens with zero attached hydrogens (tertiary/aromatic N) is 1. The summed E-state index contributed by atoms with van der Waals surface area (Å²) < 4.78 is 0. The van der Waals surface area contributed by atoms with E-state index in [-0.39, 0.29) is 0 Å². The molecule has 2 aliphatic heterocycles. The van der Waals surface area contributed by atoms with Crippen LogP contribution in [0.15, 0.2) is 0 Å². The van der Waals surface area contributed by atoms with Crippen molar-refractivity contribution in [3.8, 4) is 0 Å². The van der Waals surface area contributed by atoms with Gasteiger partial charge in [0.2, 0.25) is 0 Å². The second-order valence-electron chi connectivity index (χ2n) is 4.56. The molecule has 0 amide bonds. The molecule has 0 aromatic rings. The van der Waals surface area contributed by atoms with Crippen molar-refractivity contribution in [1.29, 1.82) is 0 Å². The molecule has 0 aromatic heterocycles. The van der Waals surface area contributed by atoms with Gasteiger partial charge < -0.3 is 0 Å². The fourth-order valence-electron chi connectivity index (χ4n) is 3.18. The van der Waals surface area contributed by atoms with E-state index in [1.165, 1.54) is 19.4 Å². The second-order valence-corrected chi connectivity index (χ2v) is 4.56. The van der Waals surface area contributed by atoms with E-state index in [0.717, 1.165) is 31.2 Å². The van der Waals surface area contributed by atoms with Crippen LogP contribution in [-0.2, 0) is 4.79 Å². The summed E-state index contributed by atoms with van der Waals surface area (Å²) in [6.45, 7) is 2.35. The quantitative estimate of drug-likeness (QED) is 0.535. The van der Waals surface area contributed by atoms with Crippen molar-refractivity contribution in [3.05, 3.63) is 0 Å². The lowest BCUT2D eigenvalue weighted by atomic mass is 9.72. The van der Waals surface area contributed by atoms with Gasteiger partial charge in [-0.2, -0.15) is 0 Å². The highest BCUT2D eigenvalue weighted by atomic mass is 16.1. The summed E-state index contributed by atoms with van der Waals surface area (Å²) in [4.78, 5) is 13.8. The highest BCUT2D eigenvalue weighted by Gasteiger charge is 2.48. The first-order chi connectivity index (χ1) is 5.84. The van der Waals surface area contributed by atoms with Crippen LogP contribution in [0.1, 0.15) is 25.7 Å². The number of rotatable bonds is 0. The van der Waals surface area contributed by atoms with E-state index in [1.807, 2.05) is 0 Å². The fraction of sp³-hybridized carbons (Fsp3) is 0.900. The maximum atomic E-state index is 11.3. The van der Waals surface area contributed by atoms with Gasteiger partial charge in [-0.25, -0.2) is 0 Å². The predicted octanol–water partition coefficient (Wildman–Crippen LogP) is 1.06. The summed E-state index contributed by atoms with van der Waals surface area (Å²) in [5.74, 6) is 2.36. The average molecular weight is 165 g/mol. The molecule has 1 unspecified atom stereocenters. The molecule has 2 nitrogen and oxygen atoms in total. The molecule has 0 bridgehead atoms. The molecule has 3 rings (SSSR count). The number of carbonyl (C=O) groups excluding carboxylic acids is 1. The Hall–Kier alpha value is -0.370. The standard InChI is InChI=1S/C10H15NO/c12-8-3-4-11-6-7-1-2-9(7)10(11)5-8/h7,9-10H,1-6H2/t7-,9-,10?/m1/s1. The van der Waals surface area contributed by atoms with Crippen LogP contribution >= 0.6 is 0 Å². The summed E-state index contributed by atoms with van der Waals surface area (Å²) >= 11 is 0. The topological polar surface area (TPSA) is 20.3 Å². The highest BCUT2D eigenvalue weighted by Crippen LogP contribution is 2.46. The van der Waals surface area contributed by atoms with Crippen LogP contribution in [0.3, 0.4) is 0 Å². The van der Waals surface area contributed by atoms with E-state index >= 15 is 0 Å². The van der Waals surface area contributed by atoms with E-state index in [9.17, 15) is 4.79 Å². The SMILES string of the molecule is O=C1CCN2C[C@H]3CC[C@H]3C2C1. The first kappa shape index (κ1) is 7.07. The molecule has 2 heteroatoms. The molecule has 2 saturated heterocycles. The van der Waals surface area contributed by atoms with Crippen LogP contribution < -0.4 is 0 Å². The normalized spacial score (nSPS) is 46.7. The Morgan fingerprint density at radius 1 is 1.33 bits per heavy atom. The van der Waals surface area contributed by atoms with E-state index in [4.69, 9.17) is 0 Å².